The van der Waals surface area contributed by atoms with Crippen molar-refractivity contribution in [1.29, 1.82) is 0 Å². The van der Waals surface area contributed by atoms with Gasteiger partial charge in [-0.05, 0) is 25.0 Å². The summed E-state index contributed by atoms with van der Waals surface area (Å²) in [6.45, 7) is 0.801. The van der Waals surface area contributed by atoms with Gasteiger partial charge in [0, 0.05) is 37.4 Å². The van der Waals surface area contributed by atoms with Gasteiger partial charge in [-0.15, -0.1) is 0 Å². The molecular weight excluding hydrogens is 430 g/mol. The number of anilines is 1. The fourth-order valence-corrected chi connectivity index (χ4v) is 4.04. The first-order valence-corrected chi connectivity index (χ1v) is 10.7. The van der Waals surface area contributed by atoms with Crippen LogP contribution in [-0.2, 0) is 20.9 Å². The maximum Gasteiger partial charge on any atom is 0.271 e. The first-order valence-electron chi connectivity index (χ1n) is 10.7. The average molecular weight is 455 g/mol. The fourth-order valence-electron chi connectivity index (χ4n) is 4.04. The van der Waals surface area contributed by atoms with Crippen LogP contribution in [0.25, 0.3) is 0 Å². The Kier molecular flexibility index (Phi) is 6.74. The lowest BCUT2D eigenvalue weighted by atomic mass is 10.1. The van der Waals surface area contributed by atoms with Crippen molar-refractivity contribution in [3.63, 3.8) is 0 Å². The van der Waals surface area contributed by atoms with Gasteiger partial charge >= 0.3 is 0 Å². The lowest BCUT2D eigenvalue weighted by Crippen LogP contribution is -2.47. The Hall–Kier alpha value is -3.66. The molecule has 2 amide bonds. The monoisotopic (exact) mass is 455 g/mol. The Labute approximate surface area is 190 Å². The van der Waals surface area contributed by atoms with E-state index in [4.69, 9.17) is 14.2 Å². The molecule has 2 aliphatic rings. The molecule has 1 atom stereocenters. The van der Waals surface area contributed by atoms with E-state index in [-0.39, 0.29) is 43.1 Å². The lowest BCUT2D eigenvalue weighted by molar-refractivity contribution is -0.384. The topological polar surface area (TPSA) is 111 Å². The van der Waals surface area contributed by atoms with E-state index in [2.05, 4.69) is 0 Å². The summed E-state index contributed by atoms with van der Waals surface area (Å²) < 4.78 is 16.6. The van der Waals surface area contributed by atoms with Crippen molar-refractivity contribution in [3.8, 4) is 11.5 Å². The van der Waals surface area contributed by atoms with E-state index >= 15 is 0 Å². The number of carbonyl (C=O) groups excluding carboxylic acids is 2. The number of nitrogens with zero attached hydrogens (tertiary/aromatic N) is 3. The number of carbonyl (C=O) groups is 2. The van der Waals surface area contributed by atoms with E-state index in [1.807, 2.05) is 24.3 Å². The van der Waals surface area contributed by atoms with Gasteiger partial charge in [-0.25, -0.2) is 0 Å². The van der Waals surface area contributed by atoms with Gasteiger partial charge in [0.2, 0.25) is 5.91 Å². The molecule has 0 aliphatic carbocycles. The number of nitro benzene ring substituents is 1. The van der Waals surface area contributed by atoms with Crippen molar-refractivity contribution in [1.82, 2.24) is 4.90 Å². The van der Waals surface area contributed by atoms with Crippen LogP contribution in [0.4, 0.5) is 11.4 Å². The molecule has 0 radical (unpaired) electrons. The Morgan fingerprint density at radius 2 is 2.12 bits per heavy atom. The van der Waals surface area contributed by atoms with Gasteiger partial charge in [0.15, 0.2) is 6.61 Å². The third kappa shape index (κ3) is 5.06. The molecule has 2 heterocycles. The number of amides is 2. The van der Waals surface area contributed by atoms with Gasteiger partial charge in [-0.1, -0.05) is 18.2 Å². The molecule has 2 aromatic carbocycles. The molecule has 0 aromatic heterocycles. The molecule has 0 saturated carbocycles. The number of benzene rings is 2. The normalized spacial score (nSPS) is 17.3. The first kappa shape index (κ1) is 22.5. The molecular formula is C23H25N3O7. The van der Waals surface area contributed by atoms with Crippen LogP contribution in [0.2, 0.25) is 0 Å². The van der Waals surface area contributed by atoms with Crippen LogP contribution in [0.5, 0.6) is 11.5 Å². The fraction of sp³-hybridized carbons (Fsp3) is 0.391. The van der Waals surface area contributed by atoms with E-state index < -0.39 is 10.8 Å². The number of hydrogen-bond donors (Lipinski definition) is 0. The lowest BCUT2D eigenvalue weighted by Gasteiger charge is -2.32. The molecule has 2 aliphatic heterocycles. The van der Waals surface area contributed by atoms with Crippen LogP contribution in [0.1, 0.15) is 18.4 Å². The van der Waals surface area contributed by atoms with Crippen molar-refractivity contribution < 1.29 is 28.7 Å². The highest BCUT2D eigenvalue weighted by Crippen LogP contribution is 2.35. The molecule has 0 spiro atoms. The third-order valence-corrected chi connectivity index (χ3v) is 5.74. The van der Waals surface area contributed by atoms with Crippen LogP contribution < -0.4 is 14.4 Å². The van der Waals surface area contributed by atoms with E-state index in [9.17, 15) is 19.7 Å². The molecule has 10 nitrogen and oxygen atoms in total. The Bertz CT molecular complexity index is 1050. The van der Waals surface area contributed by atoms with Crippen molar-refractivity contribution in [3.05, 3.63) is 58.1 Å². The standard InChI is InChI=1S/C23H25N3O7/c1-31-20-7-3-2-5-16(20)12-24(13-18-6-4-10-32-18)22(27)14-25-19-11-17(26(29)30)8-9-21(19)33-15-23(25)28/h2-3,5,7-9,11,18H,4,6,10,12-15H2,1H3. The average Bonchev–Trinajstić information content (AvgIpc) is 3.33. The molecule has 0 bridgehead atoms. The zero-order chi connectivity index (χ0) is 23.4. The van der Waals surface area contributed by atoms with Gasteiger partial charge in [-0.2, -0.15) is 0 Å². The van der Waals surface area contributed by atoms with Gasteiger partial charge in [0.25, 0.3) is 11.6 Å². The number of rotatable bonds is 8. The maximum absolute atomic E-state index is 13.4. The highest BCUT2D eigenvalue weighted by molar-refractivity contribution is 6.02. The molecule has 1 unspecified atom stereocenters. The quantitative estimate of drug-likeness (QED) is 0.444. The number of fused-ring (bicyclic) bond motifs is 1. The van der Waals surface area contributed by atoms with E-state index in [0.717, 1.165) is 18.4 Å². The second-order valence-electron chi connectivity index (χ2n) is 7.90. The summed E-state index contributed by atoms with van der Waals surface area (Å²) in [6, 6.07) is 11.4. The summed E-state index contributed by atoms with van der Waals surface area (Å²) in [5, 5.41) is 11.2. The number of hydrogen-bond acceptors (Lipinski definition) is 7. The molecule has 174 valence electrons. The SMILES string of the molecule is COc1ccccc1CN(CC1CCCO1)C(=O)CN1C(=O)COc2ccc([N+](=O)[O-])cc21. The largest absolute Gasteiger partial charge is 0.496 e. The summed E-state index contributed by atoms with van der Waals surface area (Å²) >= 11 is 0. The summed E-state index contributed by atoms with van der Waals surface area (Å²) in [4.78, 5) is 39.6. The Morgan fingerprint density at radius 1 is 1.30 bits per heavy atom. The first-order chi connectivity index (χ1) is 16.0. The highest BCUT2D eigenvalue weighted by atomic mass is 16.6. The minimum absolute atomic E-state index is 0.0857. The number of para-hydroxylation sites is 1. The minimum atomic E-state index is -0.551. The molecule has 2 aromatic rings. The summed E-state index contributed by atoms with van der Waals surface area (Å²) in [5.74, 6) is 0.240. The molecule has 1 fully saturated rings. The predicted octanol–water partition coefficient (Wildman–Crippen LogP) is 2.54. The van der Waals surface area contributed by atoms with Crippen molar-refractivity contribution >= 4 is 23.2 Å². The second kappa shape index (κ2) is 9.86. The summed E-state index contributed by atoms with van der Waals surface area (Å²) in [6.07, 6.45) is 1.69. The van der Waals surface area contributed by atoms with Crippen LogP contribution in [0.3, 0.4) is 0 Å². The van der Waals surface area contributed by atoms with Gasteiger partial charge < -0.3 is 19.1 Å². The number of non-ortho nitro benzene ring substituents is 1. The molecule has 0 N–H and O–H groups in total. The second-order valence-corrected chi connectivity index (χ2v) is 7.90. The Morgan fingerprint density at radius 3 is 2.85 bits per heavy atom. The van der Waals surface area contributed by atoms with E-state index in [0.29, 0.717) is 24.7 Å². The molecule has 4 rings (SSSR count). The van der Waals surface area contributed by atoms with E-state index in [1.54, 1.807) is 12.0 Å². The molecule has 33 heavy (non-hydrogen) atoms. The van der Waals surface area contributed by atoms with Crippen molar-refractivity contribution in [2.24, 2.45) is 0 Å². The van der Waals surface area contributed by atoms with Gasteiger partial charge in [0.1, 0.15) is 18.0 Å². The molecule has 10 heteroatoms. The van der Waals surface area contributed by atoms with Crippen LogP contribution >= 0.6 is 0 Å². The summed E-state index contributed by atoms with van der Waals surface area (Å²) in [7, 11) is 1.57. The summed E-state index contributed by atoms with van der Waals surface area (Å²) in [5.41, 5.74) is 0.855. The smallest absolute Gasteiger partial charge is 0.271 e. The zero-order valence-electron chi connectivity index (χ0n) is 18.3. The van der Waals surface area contributed by atoms with Crippen LogP contribution in [0, 0.1) is 10.1 Å². The van der Waals surface area contributed by atoms with Gasteiger partial charge in [0.05, 0.1) is 23.8 Å². The third-order valence-electron chi connectivity index (χ3n) is 5.74. The molecule has 1 saturated heterocycles. The van der Waals surface area contributed by atoms with Crippen molar-refractivity contribution in [2.45, 2.75) is 25.5 Å². The Balaban J connectivity index is 1.59. The number of nitro groups is 1. The van der Waals surface area contributed by atoms with Crippen LogP contribution in [-0.4, -0.2) is 61.2 Å². The zero-order valence-corrected chi connectivity index (χ0v) is 18.3. The number of ether oxygens (including phenoxy) is 3. The van der Waals surface area contributed by atoms with Gasteiger partial charge in [-0.3, -0.25) is 24.6 Å². The maximum atomic E-state index is 13.4. The highest BCUT2D eigenvalue weighted by Gasteiger charge is 2.32. The minimum Gasteiger partial charge on any atom is -0.496 e. The van der Waals surface area contributed by atoms with Crippen molar-refractivity contribution in [2.75, 3.05) is 38.3 Å². The van der Waals surface area contributed by atoms with E-state index in [1.165, 1.54) is 23.1 Å². The number of methoxy groups -OCH3 is 1. The predicted molar refractivity (Wildman–Crippen MR) is 118 cm³/mol. The van der Waals surface area contributed by atoms with Crippen LogP contribution in [0.15, 0.2) is 42.5 Å².